The van der Waals surface area contributed by atoms with Crippen LogP contribution >= 0.6 is 11.3 Å². The number of hydrogen-bond donors (Lipinski definition) is 1. The summed E-state index contributed by atoms with van der Waals surface area (Å²) in [5.74, 6) is -0.954. The molecule has 0 saturated carbocycles. The number of anilines is 1. The van der Waals surface area contributed by atoms with Gasteiger partial charge in [0, 0.05) is 68.2 Å². The third-order valence-corrected chi connectivity index (χ3v) is 9.12. The standard InChI is InChI=1S/C29H34F4N6O2S/c1-18-4-3-6-39(18)16-24-28(20-12-22(29(31,32)33)19(2)23(30)13-20)36-26(42-24)15-21-14-25(35-17-34-21)38-10-8-37(9-11-38)7-5-27(40)41/h12-14,17-18H,3-11,15-16H2,1-2H3,(H,40,41)/t18-/m1/s1. The summed E-state index contributed by atoms with van der Waals surface area (Å²) in [5, 5.41) is 9.62. The molecule has 2 fully saturated rings. The number of piperazine rings is 1. The highest BCUT2D eigenvalue weighted by Gasteiger charge is 2.35. The van der Waals surface area contributed by atoms with Crippen molar-refractivity contribution in [1.82, 2.24) is 24.8 Å². The van der Waals surface area contributed by atoms with Crippen molar-refractivity contribution in [2.75, 3.05) is 44.2 Å². The number of benzene rings is 1. The summed E-state index contributed by atoms with van der Waals surface area (Å²) >= 11 is 1.43. The number of carboxylic acids is 1. The minimum absolute atomic E-state index is 0.110. The molecule has 1 atom stereocenters. The Morgan fingerprint density at radius 3 is 2.55 bits per heavy atom. The second-order valence-corrected chi connectivity index (χ2v) is 12.2. The van der Waals surface area contributed by atoms with Crippen LogP contribution in [0.1, 0.15) is 52.9 Å². The third kappa shape index (κ3) is 7.07. The number of nitrogens with zero attached hydrogens (tertiary/aromatic N) is 6. The smallest absolute Gasteiger partial charge is 0.416 e. The van der Waals surface area contributed by atoms with Crippen molar-refractivity contribution < 1.29 is 27.5 Å². The second kappa shape index (κ2) is 12.6. The summed E-state index contributed by atoms with van der Waals surface area (Å²) in [6.45, 7) is 8.08. The van der Waals surface area contributed by atoms with E-state index in [0.29, 0.717) is 49.3 Å². The fraction of sp³-hybridized carbons (Fsp3) is 0.517. The maximum atomic E-state index is 14.7. The van der Waals surface area contributed by atoms with Crippen LogP contribution < -0.4 is 4.90 Å². The first-order chi connectivity index (χ1) is 20.0. The van der Waals surface area contributed by atoms with Gasteiger partial charge < -0.3 is 10.0 Å². The van der Waals surface area contributed by atoms with Crippen molar-refractivity contribution in [2.45, 2.75) is 58.3 Å². The normalized spacial score (nSPS) is 18.6. The lowest BCUT2D eigenvalue weighted by atomic mass is 10.0. The Bertz CT molecular complexity index is 1420. The van der Waals surface area contributed by atoms with Crippen molar-refractivity contribution in [3.63, 3.8) is 0 Å². The van der Waals surface area contributed by atoms with E-state index < -0.39 is 29.1 Å². The van der Waals surface area contributed by atoms with Crippen LogP contribution in [-0.2, 0) is 23.9 Å². The molecule has 2 aliphatic heterocycles. The Labute approximate surface area is 246 Å². The molecule has 1 N–H and O–H groups in total. The van der Waals surface area contributed by atoms with Crippen molar-refractivity contribution in [1.29, 1.82) is 0 Å². The zero-order valence-electron chi connectivity index (χ0n) is 23.6. The predicted molar refractivity (Wildman–Crippen MR) is 152 cm³/mol. The van der Waals surface area contributed by atoms with Crippen LogP contribution in [0.2, 0.25) is 0 Å². The van der Waals surface area contributed by atoms with E-state index in [1.807, 2.05) is 6.07 Å². The topological polar surface area (TPSA) is 85.7 Å². The highest BCUT2D eigenvalue weighted by Crippen LogP contribution is 2.38. The Morgan fingerprint density at radius 2 is 1.88 bits per heavy atom. The Balaban J connectivity index is 1.39. The number of carboxylic acid groups (broad SMARTS) is 1. The Kier molecular flexibility index (Phi) is 9.09. The van der Waals surface area contributed by atoms with Crippen molar-refractivity contribution >= 4 is 23.1 Å². The van der Waals surface area contributed by atoms with Gasteiger partial charge in [0.15, 0.2) is 0 Å². The first-order valence-electron chi connectivity index (χ1n) is 14.1. The molecule has 0 unspecified atom stereocenters. The molecule has 0 amide bonds. The van der Waals surface area contributed by atoms with Gasteiger partial charge >= 0.3 is 12.1 Å². The molecule has 1 aromatic carbocycles. The first-order valence-corrected chi connectivity index (χ1v) is 14.9. The van der Waals surface area contributed by atoms with E-state index in [0.717, 1.165) is 67.9 Å². The number of aromatic nitrogens is 3. The molecule has 0 aliphatic carbocycles. The molecule has 2 aliphatic rings. The quantitative estimate of drug-likeness (QED) is 0.331. The average Bonchev–Trinajstić information content (AvgIpc) is 3.54. The lowest BCUT2D eigenvalue weighted by Crippen LogP contribution is -2.47. The molecule has 5 rings (SSSR count). The maximum absolute atomic E-state index is 14.7. The first kappa shape index (κ1) is 30.3. The number of rotatable bonds is 9. The van der Waals surface area contributed by atoms with Gasteiger partial charge in [-0.1, -0.05) is 0 Å². The van der Waals surface area contributed by atoms with E-state index in [1.54, 1.807) is 0 Å². The summed E-state index contributed by atoms with van der Waals surface area (Å²) in [6.07, 6.45) is -0.607. The van der Waals surface area contributed by atoms with Gasteiger partial charge in [0.05, 0.1) is 28.4 Å². The largest absolute Gasteiger partial charge is 0.481 e. The number of thiazole rings is 1. The van der Waals surface area contributed by atoms with Crippen LogP contribution in [0, 0.1) is 12.7 Å². The molecule has 0 bridgehead atoms. The Morgan fingerprint density at radius 1 is 1.12 bits per heavy atom. The van der Waals surface area contributed by atoms with Gasteiger partial charge in [-0.3, -0.25) is 14.6 Å². The van der Waals surface area contributed by atoms with E-state index >= 15 is 0 Å². The van der Waals surface area contributed by atoms with Gasteiger partial charge in [0.1, 0.15) is 18.0 Å². The maximum Gasteiger partial charge on any atom is 0.416 e. The van der Waals surface area contributed by atoms with Crippen LogP contribution in [0.15, 0.2) is 24.5 Å². The minimum atomic E-state index is -4.68. The number of halogens is 4. The molecule has 8 nitrogen and oxygen atoms in total. The van der Waals surface area contributed by atoms with Gasteiger partial charge in [-0.2, -0.15) is 13.2 Å². The SMILES string of the molecule is Cc1c(F)cc(-c2nc(Cc3cc(N4CCN(CCC(=O)O)CC4)ncn3)sc2CN2CCC[C@H]2C)cc1C(F)(F)F. The van der Waals surface area contributed by atoms with E-state index in [9.17, 15) is 22.4 Å². The van der Waals surface area contributed by atoms with Gasteiger partial charge in [-0.25, -0.2) is 19.3 Å². The van der Waals surface area contributed by atoms with E-state index in [1.165, 1.54) is 17.7 Å². The number of alkyl halides is 3. The minimum Gasteiger partial charge on any atom is -0.481 e. The molecule has 2 saturated heterocycles. The fourth-order valence-electron chi connectivity index (χ4n) is 5.60. The van der Waals surface area contributed by atoms with Gasteiger partial charge in [-0.05, 0) is 50.9 Å². The average molecular weight is 607 g/mol. The highest BCUT2D eigenvalue weighted by atomic mass is 32.1. The summed E-state index contributed by atoms with van der Waals surface area (Å²) in [7, 11) is 0. The molecule has 2 aromatic heterocycles. The monoisotopic (exact) mass is 606 g/mol. The van der Waals surface area contributed by atoms with Gasteiger partial charge in [-0.15, -0.1) is 11.3 Å². The summed E-state index contributed by atoms with van der Waals surface area (Å²) in [6, 6.07) is 4.40. The number of hydrogen-bond acceptors (Lipinski definition) is 8. The number of carbonyl (C=O) groups is 1. The summed E-state index contributed by atoms with van der Waals surface area (Å²) in [5.41, 5.74) is -0.186. The molecule has 42 heavy (non-hydrogen) atoms. The van der Waals surface area contributed by atoms with Crippen molar-refractivity contribution in [2.24, 2.45) is 0 Å². The van der Waals surface area contributed by atoms with Crippen LogP contribution in [0.3, 0.4) is 0 Å². The lowest BCUT2D eigenvalue weighted by Gasteiger charge is -2.35. The number of likely N-dealkylation sites (tertiary alicyclic amines) is 1. The van der Waals surface area contributed by atoms with Crippen LogP contribution in [0.25, 0.3) is 11.3 Å². The molecule has 13 heteroatoms. The summed E-state index contributed by atoms with van der Waals surface area (Å²) < 4.78 is 56.0. The van der Waals surface area contributed by atoms with Crippen molar-refractivity contribution in [3.8, 4) is 11.3 Å². The summed E-state index contributed by atoms with van der Waals surface area (Å²) in [4.78, 5) is 31.8. The van der Waals surface area contributed by atoms with E-state index in [4.69, 9.17) is 10.1 Å². The molecule has 3 aromatic rings. The predicted octanol–water partition coefficient (Wildman–Crippen LogP) is 5.24. The zero-order valence-corrected chi connectivity index (χ0v) is 24.4. The van der Waals surface area contributed by atoms with Gasteiger partial charge in [0.25, 0.3) is 0 Å². The zero-order chi connectivity index (χ0) is 30.0. The molecule has 0 radical (unpaired) electrons. The molecule has 0 spiro atoms. The van der Waals surface area contributed by atoms with E-state index in [-0.39, 0.29) is 12.0 Å². The number of aliphatic carboxylic acids is 1. The second-order valence-electron chi connectivity index (χ2n) is 11.0. The molecule has 226 valence electrons. The van der Waals surface area contributed by atoms with Crippen LogP contribution in [0.4, 0.5) is 23.4 Å². The Hall–Kier alpha value is -3.16. The molecular weight excluding hydrogens is 572 g/mol. The van der Waals surface area contributed by atoms with Crippen LogP contribution in [0.5, 0.6) is 0 Å². The van der Waals surface area contributed by atoms with Crippen LogP contribution in [-0.4, -0.2) is 81.1 Å². The lowest BCUT2D eigenvalue weighted by molar-refractivity contribution is -0.138. The molecule has 4 heterocycles. The fourth-order valence-corrected chi connectivity index (χ4v) is 6.73. The highest BCUT2D eigenvalue weighted by molar-refractivity contribution is 7.12. The third-order valence-electron chi connectivity index (χ3n) is 8.08. The van der Waals surface area contributed by atoms with Crippen molar-refractivity contribution in [3.05, 3.63) is 57.0 Å². The van der Waals surface area contributed by atoms with E-state index in [2.05, 4.69) is 31.6 Å². The molecular formula is C29H34F4N6O2S. The van der Waals surface area contributed by atoms with Gasteiger partial charge in [0.2, 0.25) is 0 Å².